The normalized spacial score (nSPS) is 17.9. The zero-order chi connectivity index (χ0) is 14.5. The van der Waals surface area contributed by atoms with Crippen LogP contribution in [-0.4, -0.2) is 36.2 Å². The third-order valence-electron chi connectivity index (χ3n) is 4.15. The molecule has 2 rings (SSSR count). The highest BCUT2D eigenvalue weighted by Crippen LogP contribution is 2.33. The van der Waals surface area contributed by atoms with Gasteiger partial charge in [0.1, 0.15) is 5.75 Å². The van der Waals surface area contributed by atoms with Gasteiger partial charge in [-0.3, -0.25) is 4.90 Å². The van der Waals surface area contributed by atoms with Crippen LogP contribution in [0.2, 0.25) is 0 Å². The lowest BCUT2D eigenvalue weighted by Gasteiger charge is -2.36. The van der Waals surface area contributed by atoms with Crippen molar-refractivity contribution in [1.82, 2.24) is 10.2 Å². The minimum atomic E-state index is 0.367. The van der Waals surface area contributed by atoms with Gasteiger partial charge in [0.15, 0.2) is 0 Å². The topological polar surface area (TPSA) is 35.5 Å². The number of rotatable bonds is 5. The van der Waals surface area contributed by atoms with Crippen LogP contribution in [0.15, 0.2) is 24.8 Å². The molecule has 1 fully saturated rings. The van der Waals surface area contributed by atoms with Crippen molar-refractivity contribution in [2.45, 2.75) is 32.7 Å². The van der Waals surface area contributed by atoms with E-state index in [4.69, 9.17) is 0 Å². The van der Waals surface area contributed by atoms with Crippen LogP contribution in [0, 0.1) is 13.8 Å². The maximum Gasteiger partial charge on any atom is 0.116 e. The third-order valence-corrected chi connectivity index (χ3v) is 4.15. The Morgan fingerprint density at radius 3 is 2.45 bits per heavy atom. The van der Waals surface area contributed by atoms with Gasteiger partial charge in [0.2, 0.25) is 0 Å². The van der Waals surface area contributed by atoms with Crippen molar-refractivity contribution in [3.05, 3.63) is 41.5 Å². The molecule has 0 radical (unpaired) electrons. The summed E-state index contributed by atoms with van der Waals surface area (Å²) in [5.41, 5.74) is 3.76. The van der Waals surface area contributed by atoms with E-state index in [2.05, 4.69) is 30.6 Å². The summed E-state index contributed by atoms with van der Waals surface area (Å²) in [6, 6.07) is 4.19. The van der Waals surface area contributed by atoms with Gasteiger partial charge in [-0.05, 0) is 55.5 Å². The van der Waals surface area contributed by atoms with Gasteiger partial charge in [-0.2, -0.15) is 0 Å². The van der Waals surface area contributed by atoms with Crippen LogP contribution in [-0.2, 0) is 0 Å². The Bertz CT molecular complexity index is 441. The first-order chi connectivity index (χ1) is 9.63. The summed E-state index contributed by atoms with van der Waals surface area (Å²) in [5, 5.41) is 13.2. The molecule has 0 aliphatic carbocycles. The molecule has 0 spiro atoms. The van der Waals surface area contributed by atoms with Crippen LogP contribution in [0.25, 0.3) is 0 Å². The Morgan fingerprint density at radius 2 is 1.90 bits per heavy atom. The summed E-state index contributed by atoms with van der Waals surface area (Å²) in [5.74, 6) is 0.367. The van der Waals surface area contributed by atoms with E-state index in [1.807, 2.05) is 18.2 Å². The van der Waals surface area contributed by atoms with Crippen LogP contribution in [0.3, 0.4) is 0 Å². The molecule has 20 heavy (non-hydrogen) atoms. The van der Waals surface area contributed by atoms with Crippen molar-refractivity contribution >= 4 is 0 Å². The summed E-state index contributed by atoms with van der Waals surface area (Å²) in [7, 11) is 0. The number of nitrogens with one attached hydrogen (secondary N) is 1. The summed E-state index contributed by atoms with van der Waals surface area (Å²) in [6.07, 6.45) is 4.12. The van der Waals surface area contributed by atoms with Gasteiger partial charge in [-0.15, -0.1) is 6.58 Å². The quantitative estimate of drug-likeness (QED) is 0.810. The van der Waals surface area contributed by atoms with E-state index in [9.17, 15) is 5.11 Å². The Morgan fingerprint density at radius 1 is 1.30 bits per heavy atom. The number of piperazine rings is 1. The molecule has 0 bridgehead atoms. The summed E-state index contributed by atoms with van der Waals surface area (Å²) in [6.45, 7) is 12.3. The van der Waals surface area contributed by atoms with Crippen LogP contribution >= 0.6 is 0 Å². The zero-order valence-corrected chi connectivity index (χ0v) is 12.7. The van der Waals surface area contributed by atoms with Crippen LogP contribution in [0.1, 0.15) is 35.6 Å². The van der Waals surface area contributed by atoms with Gasteiger partial charge in [0.25, 0.3) is 0 Å². The Labute approximate surface area is 122 Å². The molecule has 1 atom stereocenters. The SMILES string of the molecule is C=CCC[C@H](c1c(C)cc(O)cc1C)N1CCNCC1. The molecule has 1 heterocycles. The number of hydrogen-bond donors (Lipinski definition) is 2. The minimum absolute atomic E-state index is 0.367. The van der Waals surface area contributed by atoms with E-state index in [0.717, 1.165) is 39.0 Å². The lowest BCUT2D eigenvalue weighted by molar-refractivity contribution is 0.165. The van der Waals surface area contributed by atoms with Gasteiger partial charge in [-0.25, -0.2) is 0 Å². The van der Waals surface area contributed by atoms with Crippen molar-refractivity contribution in [2.75, 3.05) is 26.2 Å². The fourth-order valence-electron chi connectivity index (χ4n) is 3.26. The second-order valence-corrected chi connectivity index (χ2v) is 5.66. The molecule has 1 aromatic carbocycles. The van der Waals surface area contributed by atoms with Gasteiger partial charge < -0.3 is 10.4 Å². The monoisotopic (exact) mass is 274 g/mol. The number of aryl methyl sites for hydroxylation is 2. The first-order valence-electron chi connectivity index (χ1n) is 7.49. The molecule has 3 nitrogen and oxygen atoms in total. The van der Waals surface area contributed by atoms with Gasteiger partial charge in [0, 0.05) is 32.2 Å². The molecule has 0 amide bonds. The number of hydrogen-bond acceptors (Lipinski definition) is 3. The molecule has 0 saturated carbocycles. The van der Waals surface area contributed by atoms with Crippen LogP contribution < -0.4 is 5.32 Å². The smallest absolute Gasteiger partial charge is 0.116 e. The van der Waals surface area contributed by atoms with Crippen molar-refractivity contribution in [3.63, 3.8) is 0 Å². The number of phenolic OH excluding ortho intramolecular Hbond substituents is 1. The number of benzene rings is 1. The number of allylic oxidation sites excluding steroid dienone is 1. The van der Waals surface area contributed by atoms with Crippen molar-refractivity contribution in [2.24, 2.45) is 0 Å². The zero-order valence-electron chi connectivity index (χ0n) is 12.7. The maximum absolute atomic E-state index is 9.75. The summed E-state index contributed by atoms with van der Waals surface area (Å²) < 4.78 is 0. The molecule has 2 N–H and O–H groups in total. The minimum Gasteiger partial charge on any atom is -0.508 e. The van der Waals surface area contributed by atoms with Crippen molar-refractivity contribution in [3.8, 4) is 5.75 Å². The molecule has 0 aromatic heterocycles. The predicted octanol–water partition coefficient (Wildman–Crippen LogP) is 2.92. The molecule has 110 valence electrons. The molecule has 1 aliphatic rings. The Balaban J connectivity index is 2.32. The Hall–Kier alpha value is -1.32. The lowest BCUT2D eigenvalue weighted by atomic mass is 9.91. The van der Waals surface area contributed by atoms with E-state index in [-0.39, 0.29) is 0 Å². The van der Waals surface area contributed by atoms with E-state index < -0.39 is 0 Å². The number of nitrogens with zero attached hydrogens (tertiary/aromatic N) is 1. The number of aromatic hydroxyl groups is 1. The van der Waals surface area contributed by atoms with Crippen molar-refractivity contribution in [1.29, 1.82) is 0 Å². The summed E-state index contributed by atoms with van der Waals surface area (Å²) in [4.78, 5) is 2.56. The highest BCUT2D eigenvalue weighted by molar-refractivity contribution is 5.42. The third kappa shape index (κ3) is 3.41. The molecule has 0 unspecified atom stereocenters. The van der Waals surface area contributed by atoms with Gasteiger partial charge in [-0.1, -0.05) is 6.08 Å². The van der Waals surface area contributed by atoms with Gasteiger partial charge in [0.05, 0.1) is 0 Å². The van der Waals surface area contributed by atoms with Crippen molar-refractivity contribution < 1.29 is 5.11 Å². The van der Waals surface area contributed by atoms with E-state index >= 15 is 0 Å². The largest absolute Gasteiger partial charge is 0.508 e. The first kappa shape index (κ1) is 15.1. The Kier molecular flexibility index (Phi) is 5.21. The van der Waals surface area contributed by atoms with Crippen LogP contribution in [0.5, 0.6) is 5.75 Å². The average Bonchev–Trinajstić information content (AvgIpc) is 2.42. The molecule has 1 aromatic rings. The van der Waals surface area contributed by atoms with Gasteiger partial charge >= 0.3 is 0 Å². The maximum atomic E-state index is 9.75. The standard InChI is InChI=1S/C17H26N2O/c1-4-5-6-16(19-9-7-18-8-10-19)17-13(2)11-15(20)12-14(17)3/h4,11-12,16,18,20H,1,5-10H2,2-3H3/t16-/m1/s1. The van der Waals surface area contributed by atoms with E-state index in [1.165, 1.54) is 16.7 Å². The lowest BCUT2D eigenvalue weighted by Crippen LogP contribution is -2.45. The summed E-state index contributed by atoms with van der Waals surface area (Å²) >= 11 is 0. The fourth-order valence-corrected chi connectivity index (χ4v) is 3.26. The second-order valence-electron chi connectivity index (χ2n) is 5.66. The first-order valence-corrected chi connectivity index (χ1v) is 7.49. The highest BCUT2D eigenvalue weighted by Gasteiger charge is 2.24. The molecular weight excluding hydrogens is 248 g/mol. The van der Waals surface area contributed by atoms with Crippen LogP contribution in [0.4, 0.5) is 0 Å². The van der Waals surface area contributed by atoms with E-state index in [0.29, 0.717) is 11.8 Å². The number of phenols is 1. The second kappa shape index (κ2) is 6.91. The average molecular weight is 274 g/mol. The van der Waals surface area contributed by atoms with E-state index in [1.54, 1.807) is 0 Å². The highest BCUT2D eigenvalue weighted by atomic mass is 16.3. The molecular formula is C17H26N2O. The fraction of sp³-hybridized carbons (Fsp3) is 0.529. The molecule has 3 heteroatoms. The molecule has 1 saturated heterocycles. The molecule has 1 aliphatic heterocycles. The predicted molar refractivity (Wildman–Crippen MR) is 84.2 cm³/mol.